The van der Waals surface area contributed by atoms with Crippen LogP contribution in [0.3, 0.4) is 0 Å². The summed E-state index contributed by atoms with van der Waals surface area (Å²) in [6.45, 7) is 7.09. The zero-order chi connectivity index (χ0) is 19.1. The van der Waals surface area contributed by atoms with Gasteiger partial charge in [-0.2, -0.15) is 0 Å². The van der Waals surface area contributed by atoms with Gasteiger partial charge in [0.25, 0.3) is 0 Å². The van der Waals surface area contributed by atoms with Crippen molar-refractivity contribution in [3.8, 4) is 5.75 Å². The van der Waals surface area contributed by atoms with E-state index in [2.05, 4.69) is 15.5 Å². The molecule has 0 bridgehead atoms. The van der Waals surface area contributed by atoms with Crippen molar-refractivity contribution < 1.29 is 14.3 Å². The van der Waals surface area contributed by atoms with Gasteiger partial charge in [0, 0.05) is 25.2 Å². The van der Waals surface area contributed by atoms with Crippen molar-refractivity contribution in [2.24, 2.45) is 0 Å². The maximum atomic E-state index is 12.3. The van der Waals surface area contributed by atoms with Crippen molar-refractivity contribution in [3.63, 3.8) is 0 Å². The molecular formula is C20H30N4O3. The molecule has 2 heterocycles. The Bertz CT molecular complexity index is 629. The molecule has 1 aromatic rings. The Morgan fingerprint density at radius 2 is 1.96 bits per heavy atom. The van der Waals surface area contributed by atoms with E-state index in [1.54, 1.807) is 4.90 Å². The number of ether oxygens (including phenoxy) is 1. The largest absolute Gasteiger partial charge is 0.494 e. The summed E-state index contributed by atoms with van der Waals surface area (Å²) in [5.74, 6) is 0.814. The van der Waals surface area contributed by atoms with Crippen LogP contribution < -0.4 is 20.3 Å². The monoisotopic (exact) mass is 374 g/mol. The summed E-state index contributed by atoms with van der Waals surface area (Å²) < 4.78 is 5.43. The molecule has 0 unspecified atom stereocenters. The molecule has 2 fully saturated rings. The molecule has 2 aliphatic heterocycles. The van der Waals surface area contributed by atoms with Crippen molar-refractivity contribution >= 4 is 17.6 Å². The average Bonchev–Trinajstić information content (AvgIpc) is 3.29. The molecule has 1 atom stereocenters. The lowest BCUT2D eigenvalue weighted by Crippen LogP contribution is -2.44. The topological polar surface area (TPSA) is 73.9 Å². The first-order valence-electron chi connectivity index (χ1n) is 9.95. The van der Waals surface area contributed by atoms with Crippen LogP contribution in [-0.2, 0) is 4.79 Å². The molecule has 0 saturated carbocycles. The molecule has 0 spiro atoms. The lowest BCUT2D eigenvalue weighted by atomic mass is 10.2. The Balaban J connectivity index is 1.39. The van der Waals surface area contributed by atoms with E-state index in [1.807, 2.05) is 31.2 Å². The van der Waals surface area contributed by atoms with E-state index >= 15 is 0 Å². The summed E-state index contributed by atoms with van der Waals surface area (Å²) >= 11 is 0. The van der Waals surface area contributed by atoms with Crippen molar-refractivity contribution in [1.82, 2.24) is 15.5 Å². The molecule has 1 aromatic carbocycles. The van der Waals surface area contributed by atoms with E-state index in [0.717, 1.165) is 24.4 Å². The zero-order valence-corrected chi connectivity index (χ0v) is 16.1. The molecular weight excluding hydrogens is 344 g/mol. The first-order valence-corrected chi connectivity index (χ1v) is 9.95. The molecule has 148 valence electrons. The fraction of sp³-hybridized carbons (Fsp3) is 0.600. The number of hydrogen-bond donors (Lipinski definition) is 2. The highest BCUT2D eigenvalue weighted by atomic mass is 16.5. The molecule has 3 amide bonds. The molecule has 2 saturated heterocycles. The quantitative estimate of drug-likeness (QED) is 0.683. The van der Waals surface area contributed by atoms with Crippen LogP contribution in [0.1, 0.15) is 32.6 Å². The molecule has 0 aromatic heterocycles. The predicted octanol–water partition coefficient (Wildman–Crippen LogP) is 1.98. The summed E-state index contributed by atoms with van der Waals surface area (Å²) in [7, 11) is 0. The SMILES string of the molecule is CCOc1ccc(N2C[C@@H](NC(=O)NCCCN3CCCC3)CC2=O)cc1. The van der Waals surface area contributed by atoms with E-state index in [-0.39, 0.29) is 18.0 Å². The summed E-state index contributed by atoms with van der Waals surface area (Å²) in [6, 6.07) is 7.12. The molecule has 27 heavy (non-hydrogen) atoms. The highest BCUT2D eigenvalue weighted by Crippen LogP contribution is 2.24. The Hall–Kier alpha value is -2.28. The number of urea groups is 1. The number of nitrogens with one attached hydrogen (secondary N) is 2. The van der Waals surface area contributed by atoms with Gasteiger partial charge in [0.2, 0.25) is 5.91 Å². The lowest BCUT2D eigenvalue weighted by Gasteiger charge is -2.18. The van der Waals surface area contributed by atoms with E-state index in [4.69, 9.17) is 4.74 Å². The second kappa shape index (κ2) is 9.60. The molecule has 0 aliphatic carbocycles. The van der Waals surface area contributed by atoms with Crippen LogP contribution in [0.5, 0.6) is 5.75 Å². The van der Waals surface area contributed by atoms with Crippen molar-refractivity contribution in [2.75, 3.05) is 44.2 Å². The number of rotatable bonds is 8. The van der Waals surface area contributed by atoms with Crippen molar-refractivity contribution in [3.05, 3.63) is 24.3 Å². The Morgan fingerprint density at radius 1 is 1.22 bits per heavy atom. The van der Waals surface area contributed by atoms with Gasteiger partial charge in [-0.05, 0) is 70.1 Å². The average molecular weight is 374 g/mol. The van der Waals surface area contributed by atoms with Crippen LogP contribution in [0.15, 0.2) is 24.3 Å². The van der Waals surface area contributed by atoms with Crippen molar-refractivity contribution in [1.29, 1.82) is 0 Å². The van der Waals surface area contributed by atoms with E-state index in [9.17, 15) is 9.59 Å². The zero-order valence-electron chi connectivity index (χ0n) is 16.1. The van der Waals surface area contributed by atoms with Crippen molar-refractivity contribution in [2.45, 2.75) is 38.6 Å². The van der Waals surface area contributed by atoms with Crippen LogP contribution in [0.4, 0.5) is 10.5 Å². The maximum Gasteiger partial charge on any atom is 0.315 e. The molecule has 3 rings (SSSR count). The van der Waals surface area contributed by atoms with E-state index in [1.165, 1.54) is 25.9 Å². The second-order valence-electron chi connectivity index (χ2n) is 7.13. The number of nitrogens with zero attached hydrogens (tertiary/aromatic N) is 2. The third kappa shape index (κ3) is 5.60. The molecule has 0 radical (unpaired) electrons. The molecule has 2 aliphatic rings. The fourth-order valence-electron chi connectivity index (χ4n) is 3.69. The van der Waals surface area contributed by atoms with Gasteiger partial charge in [-0.3, -0.25) is 4.79 Å². The van der Waals surface area contributed by atoms with Gasteiger partial charge in [-0.25, -0.2) is 4.79 Å². The van der Waals surface area contributed by atoms with Crippen LogP contribution in [0.25, 0.3) is 0 Å². The Labute approximate surface area is 161 Å². The van der Waals surface area contributed by atoms with Gasteiger partial charge < -0.3 is 25.2 Å². The number of carbonyl (C=O) groups excluding carboxylic acids is 2. The van der Waals surface area contributed by atoms with Crippen LogP contribution in [0, 0.1) is 0 Å². The molecule has 7 nitrogen and oxygen atoms in total. The number of benzene rings is 1. The van der Waals surface area contributed by atoms with Gasteiger partial charge in [-0.15, -0.1) is 0 Å². The minimum atomic E-state index is -0.192. The van der Waals surface area contributed by atoms with Gasteiger partial charge in [0.05, 0.1) is 12.6 Å². The smallest absolute Gasteiger partial charge is 0.315 e. The number of hydrogen-bond acceptors (Lipinski definition) is 4. The first-order chi connectivity index (χ1) is 13.2. The van der Waals surface area contributed by atoms with E-state index in [0.29, 0.717) is 26.1 Å². The summed E-state index contributed by atoms with van der Waals surface area (Å²) in [5.41, 5.74) is 0.832. The Kier molecular flexibility index (Phi) is 6.92. The fourth-order valence-corrected chi connectivity index (χ4v) is 3.69. The number of amides is 3. The Morgan fingerprint density at radius 3 is 2.67 bits per heavy atom. The van der Waals surface area contributed by atoms with Gasteiger partial charge >= 0.3 is 6.03 Å². The van der Waals surface area contributed by atoms with Gasteiger partial charge in [0.1, 0.15) is 5.75 Å². The summed E-state index contributed by atoms with van der Waals surface area (Å²) in [6.07, 6.45) is 3.85. The summed E-state index contributed by atoms with van der Waals surface area (Å²) in [5, 5.41) is 5.82. The third-order valence-corrected chi connectivity index (χ3v) is 5.06. The first kappa shape index (κ1) is 19.5. The minimum Gasteiger partial charge on any atom is -0.494 e. The molecule has 7 heteroatoms. The maximum absolute atomic E-state index is 12.3. The minimum absolute atomic E-state index is 0.0264. The molecule has 2 N–H and O–H groups in total. The highest BCUT2D eigenvalue weighted by molar-refractivity contribution is 5.96. The predicted molar refractivity (Wildman–Crippen MR) is 105 cm³/mol. The van der Waals surface area contributed by atoms with Crippen LogP contribution in [0.2, 0.25) is 0 Å². The third-order valence-electron chi connectivity index (χ3n) is 5.06. The van der Waals surface area contributed by atoms with Crippen LogP contribution in [-0.4, -0.2) is 62.2 Å². The van der Waals surface area contributed by atoms with E-state index < -0.39 is 0 Å². The number of anilines is 1. The second-order valence-corrected chi connectivity index (χ2v) is 7.13. The highest BCUT2D eigenvalue weighted by Gasteiger charge is 2.31. The summed E-state index contributed by atoms with van der Waals surface area (Å²) in [4.78, 5) is 28.5. The number of likely N-dealkylation sites (tertiary alicyclic amines) is 1. The van der Waals surface area contributed by atoms with Crippen LogP contribution >= 0.6 is 0 Å². The van der Waals surface area contributed by atoms with Gasteiger partial charge in [-0.1, -0.05) is 0 Å². The number of carbonyl (C=O) groups is 2. The lowest BCUT2D eigenvalue weighted by molar-refractivity contribution is -0.117. The standard InChI is InChI=1S/C20H30N4O3/c1-2-27-18-8-6-17(7-9-18)24-15-16(14-19(24)25)22-20(26)21-10-5-13-23-11-3-4-12-23/h6-9,16H,2-5,10-15H2,1H3,(H2,21,22,26)/t16-/m0/s1. The normalized spacial score (nSPS) is 20.1. The van der Waals surface area contributed by atoms with Gasteiger partial charge in [0.15, 0.2) is 0 Å².